The second-order valence-corrected chi connectivity index (χ2v) is 7.87. The lowest BCUT2D eigenvalue weighted by atomic mass is 9.92. The Morgan fingerprint density at radius 3 is 2.71 bits per heavy atom. The second-order valence-electron chi connectivity index (χ2n) is 7.87. The average molecular weight is 455 g/mol. The number of pyridine rings is 1. The van der Waals surface area contributed by atoms with Gasteiger partial charge in [-0.2, -0.15) is 0 Å². The Hall–Kier alpha value is -4.10. The molecule has 0 fully saturated rings. The van der Waals surface area contributed by atoms with E-state index < -0.39 is 5.97 Å². The van der Waals surface area contributed by atoms with Crippen molar-refractivity contribution in [3.05, 3.63) is 103 Å². The van der Waals surface area contributed by atoms with Crippen LogP contribution in [0.4, 0.5) is 5.95 Å². The number of hydrogen-bond donors (Lipinski definition) is 1. The van der Waals surface area contributed by atoms with Gasteiger partial charge in [0.15, 0.2) is 0 Å². The quantitative estimate of drug-likeness (QED) is 0.287. The molecule has 0 amide bonds. The fourth-order valence-corrected chi connectivity index (χ4v) is 3.51. The number of para-hydroxylation sites is 1. The maximum absolute atomic E-state index is 12.7. The average Bonchev–Trinajstić information content (AvgIpc) is 2.85. The summed E-state index contributed by atoms with van der Waals surface area (Å²) in [5, 5.41) is 3.19. The number of carbonyl (C=O) groups is 1. The predicted octanol–water partition coefficient (Wildman–Crippen LogP) is 5.12. The summed E-state index contributed by atoms with van der Waals surface area (Å²) in [5.41, 5.74) is 2.54. The van der Waals surface area contributed by atoms with E-state index in [0.717, 1.165) is 11.1 Å². The number of nitrogens with one attached hydrogen (secondary N) is 1. The summed E-state index contributed by atoms with van der Waals surface area (Å²) in [5.74, 6) is 0.312. The summed E-state index contributed by atoms with van der Waals surface area (Å²) in [6, 6.07) is 14.5. The Kier molecular flexibility index (Phi) is 7.25. The lowest BCUT2D eigenvalue weighted by Gasteiger charge is -2.28. The maximum atomic E-state index is 12.7. The van der Waals surface area contributed by atoms with Gasteiger partial charge < -0.3 is 14.8 Å². The van der Waals surface area contributed by atoms with Gasteiger partial charge in [0.2, 0.25) is 5.95 Å². The first-order chi connectivity index (χ1) is 16.5. The van der Waals surface area contributed by atoms with E-state index in [2.05, 4.69) is 20.3 Å². The maximum Gasteiger partial charge on any atom is 0.338 e. The molecule has 34 heavy (non-hydrogen) atoms. The zero-order chi connectivity index (χ0) is 23.8. The van der Waals surface area contributed by atoms with Crippen LogP contribution in [0.15, 0.2) is 103 Å². The number of ether oxygens (including phenoxy) is 2. The number of benzene rings is 1. The Bertz CT molecular complexity index is 1220. The molecule has 0 bridgehead atoms. The third-order valence-electron chi connectivity index (χ3n) is 5.21. The van der Waals surface area contributed by atoms with Gasteiger partial charge in [0.1, 0.15) is 5.75 Å². The molecule has 1 atom stereocenters. The van der Waals surface area contributed by atoms with E-state index in [4.69, 9.17) is 9.47 Å². The lowest BCUT2D eigenvalue weighted by Crippen LogP contribution is -2.27. The first-order valence-electron chi connectivity index (χ1n) is 11.1. The van der Waals surface area contributed by atoms with Crippen LogP contribution in [0.25, 0.3) is 11.3 Å². The van der Waals surface area contributed by atoms with E-state index in [1.165, 1.54) is 6.08 Å². The van der Waals surface area contributed by atoms with Crippen LogP contribution in [0.2, 0.25) is 0 Å². The van der Waals surface area contributed by atoms with Crippen molar-refractivity contribution in [2.75, 3.05) is 11.9 Å². The lowest BCUT2D eigenvalue weighted by molar-refractivity contribution is -0.129. The molecule has 4 rings (SSSR count). The van der Waals surface area contributed by atoms with Gasteiger partial charge in [-0.25, -0.2) is 14.8 Å². The highest BCUT2D eigenvalue weighted by Gasteiger charge is 2.24. The number of aromatic nitrogens is 3. The standard InChI is InChI=1S/C27H26N4O3/c1-3-33-27(2)14-11-20(12-15-27)24(18-25(32)34-22-9-5-4-6-10-22)31-26-29-17-13-23(30-26)21-8-7-16-28-19-21/h4-14,16-19H,3,15H2,1-2H3,(H,29,30,31)/b24-18+/t27-/m0/s1. The molecule has 2 aromatic heterocycles. The molecule has 172 valence electrons. The highest BCUT2D eigenvalue weighted by Crippen LogP contribution is 2.28. The second kappa shape index (κ2) is 10.7. The number of rotatable bonds is 8. The third kappa shape index (κ3) is 6.02. The van der Waals surface area contributed by atoms with Crippen molar-refractivity contribution in [3.63, 3.8) is 0 Å². The minimum Gasteiger partial charge on any atom is -0.423 e. The summed E-state index contributed by atoms with van der Waals surface area (Å²) in [4.78, 5) is 25.8. The molecule has 1 aromatic carbocycles. The Morgan fingerprint density at radius 1 is 1.15 bits per heavy atom. The molecule has 0 saturated heterocycles. The topological polar surface area (TPSA) is 86.2 Å². The number of anilines is 1. The fourth-order valence-electron chi connectivity index (χ4n) is 3.51. The largest absolute Gasteiger partial charge is 0.423 e. The van der Waals surface area contributed by atoms with Crippen LogP contribution in [0.5, 0.6) is 5.75 Å². The minimum atomic E-state index is -0.510. The van der Waals surface area contributed by atoms with Crippen molar-refractivity contribution in [3.8, 4) is 17.0 Å². The summed E-state index contributed by atoms with van der Waals surface area (Å²) >= 11 is 0. The molecule has 1 N–H and O–H groups in total. The van der Waals surface area contributed by atoms with Crippen molar-refractivity contribution >= 4 is 11.9 Å². The van der Waals surface area contributed by atoms with Crippen LogP contribution in [0, 0.1) is 0 Å². The molecule has 7 heteroatoms. The summed E-state index contributed by atoms with van der Waals surface area (Å²) < 4.78 is 11.3. The summed E-state index contributed by atoms with van der Waals surface area (Å²) in [6.07, 6.45) is 13.1. The molecule has 0 unspecified atom stereocenters. The highest BCUT2D eigenvalue weighted by atomic mass is 16.5. The minimum absolute atomic E-state index is 0.354. The summed E-state index contributed by atoms with van der Waals surface area (Å²) in [7, 11) is 0. The van der Waals surface area contributed by atoms with Gasteiger partial charge in [0.25, 0.3) is 0 Å². The van der Waals surface area contributed by atoms with Gasteiger partial charge in [0, 0.05) is 36.8 Å². The SMILES string of the molecule is CCO[C@@]1(C)C=CC(/C(=C\C(=O)Oc2ccccc2)Nc2nccc(-c3cccnc3)n2)=CC1. The smallest absolute Gasteiger partial charge is 0.338 e. The number of carbonyl (C=O) groups excluding carboxylic acids is 1. The first kappa shape index (κ1) is 23.1. The van der Waals surface area contributed by atoms with Crippen LogP contribution in [-0.4, -0.2) is 33.1 Å². The van der Waals surface area contributed by atoms with Gasteiger partial charge in [-0.15, -0.1) is 0 Å². The van der Waals surface area contributed by atoms with E-state index in [1.54, 1.807) is 30.7 Å². The van der Waals surface area contributed by atoms with Gasteiger partial charge in [-0.3, -0.25) is 4.98 Å². The number of allylic oxidation sites excluding steroid dienone is 1. The van der Waals surface area contributed by atoms with Crippen molar-refractivity contribution in [1.82, 2.24) is 15.0 Å². The van der Waals surface area contributed by atoms with E-state index >= 15 is 0 Å². The van der Waals surface area contributed by atoms with Gasteiger partial charge in [0.05, 0.1) is 17.0 Å². The van der Waals surface area contributed by atoms with Crippen LogP contribution >= 0.6 is 0 Å². The number of esters is 1. The van der Waals surface area contributed by atoms with E-state index in [0.29, 0.717) is 36.1 Å². The van der Waals surface area contributed by atoms with E-state index in [9.17, 15) is 4.79 Å². The van der Waals surface area contributed by atoms with Crippen molar-refractivity contribution in [1.29, 1.82) is 0 Å². The summed E-state index contributed by atoms with van der Waals surface area (Å²) in [6.45, 7) is 4.61. The predicted molar refractivity (Wildman–Crippen MR) is 131 cm³/mol. The van der Waals surface area contributed by atoms with Crippen molar-refractivity contribution in [2.24, 2.45) is 0 Å². The highest BCUT2D eigenvalue weighted by molar-refractivity contribution is 5.86. The third-order valence-corrected chi connectivity index (χ3v) is 5.21. The molecular formula is C27H26N4O3. The first-order valence-corrected chi connectivity index (χ1v) is 11.1. The zero-order valence-electron chi connectivity index (χ0n) is 19.1. The van der Waals surface area contributed by atoms with Crippen molar-refractivity contribution in [2.45, 2.75) is 25.9 Å². The van der Waals surface area contributed by atoms with Gasteiger partial charge in [-0.05, 0) is 56.2 Å². The Balaban J connectivity index is 1.61. The zero-order valence-corrected chi connectivity index (χ0v) is 19.1. The molecule has 2 heterocycles. The monoisotopic (exact) mass is 454 g/mol. The van der Waals surface area contributed by atoms with E-state index in [-0.39, 0.29) is 5.60 Å². The molecule has 1 aliphatic carbocycles. The molecule has 0 spiro atoms. The molecule has 0 radical (unpaired) electrons. The van der Waals surface area contributed by atoms with E-state index in [1.807, 2.05) is 68.5 Å². The van der Waals surface area contributed by atoms with Gasteiger partial charge in [-0.1, -0.05) is 36.4 Å². The fraction of sp³-hybridized carbons (Fsp3) is 0.185. The molecule has 7 nitrogen and oxygen atoms in total. The molecular weight excluding hydrogens is 428 g/mol. The normalized spacial score (nSPS) is 17.7. The van der Waals surface area contributed by atoms with Gasteiger partial charge >= 0.3 is 5.97 Å². The molecule has 3 aromatic rings. The molecule has 0 saturated carbocycles. The number of nitrogens with zero attached hydrogens (tertiary/aromatic N) is 3. The Morgan fingerprint density at radius 2 is 2.00 bits per heavy atom. The Labute approximate surface area is 198 Å². The van der Waals surface area contributed by atoms with Crippen molar-refractivity contribution < 1.29 is 14.3 Å². The van der Waals surface area contributed by atoms with Crippen LogP contribution in [-0.2, 0) is 9.53 Å². The molecule has 0 aliphatic heterocycles. The van der Waals surface area contributed by atoms with Crippen LogP contribution in [0.3, 0.4) is 0 Å². The number of hydrogen-bond acceptors (Lipinski definition) is 7. The molecule has 1 aliphatic rings. The van der Waals surface area contributed by atoms with Crippen LogP contribution < -0.4 is 10.1 Å². The van der Waals surface area contributed by atoms with Crippen LogP contribution in [0.1, 0.15) is 20.3 Å².